The second-order valence-electron chi connectivity index (χ2n) is 4.14. The smallest absolute Gasteiger partial charge is 0.405 e. The molecule has 0 aliphatic rings. The lowest BCUT2D eigenvalue weighted by Crippen LogP contribution is -2.36. The number of carbonyl (C=O) groups is 2. The maximum absolute atomic E-state index is 11.9. The van der Waals surface area contributed by atoms with E-state index in [1.54, 1.807) is 18.3 Å². The number of amides is 1. The normalized spacial score (nSPS) is 11.1. The van der Waals surface area contributed by atoms with Gasteiger partial charge in [0.1, 0.15) is 6.54 Å². The molecule has 1 aromatic rings. The summed E-state index contributed by atoms with van der Waals surface area (Å²) in [6, 6.07) is 3.03. The van der Waals surface area contributed by atoms with Gasteiger partial charge in [-0.2, -0.15) is 13.2 Å². The van der Waals surface area contributed by atoms with Crippen LogP contribution in [0.25, 0.3) is 0 Å². The van der Waals surface area contributed by atoms with Crippen molar-refractivity contribution < 1.29 is 27.5 Å². The van der Waals surface area contributed by atoms with E-state index in [0.717, 1.165) is 0 Å². The van der Waals surface area contributed by atoms with Crippen molar-refractivity contribution in [2.45, 2.75) is 13.1 Å². The number of hydrogen-bond acceptors (Lipinski definition) is 4. The molecule has 1 amide bonds. The Morgan fingerprint density at radius 3 is 2.57 bits per heavy atom. The summed E-state index contributed by atoms with van der Waals surface area (Å²) in [4.78, 5) is 22.9. The molecule has 21 heavy (non-hydrogen) atoms. The second-order valence-corrected chi connectivity index (χ2v) is 5.05. The molecule has 0 heterocycles. The SMILES string of the molecule is Cc1c(N)cc(Br)cc1C(=O)OCC(=O)NCC(F)(F)F. The van der Waals surface area contributed by atoms with Gasteiger partial charge >= 0.3 is 12.1 Å². The van der Waals surface area contributed by atoms with E-state index in [4.69, 9.17) is 5.73 Å². The van der Waals surface area contributed by atoms with E-state index < -0.39 is 31.2 Å². The van der Waals surface area contributed by atoms with Crippen LogP contribution in [0.4, 0.5) is 18.9 Å². The molecule has 116 valence electrons. The number of ether oxygens (including phenoxy) is 1. The molecule has 0 unspecified atom stereocenters. The first kappa shape index (κ1) is 17.3. The van der Waals surface area contributed by atoms with Gasteiger partial charge in [-0.3, -0.25) is 4.79 Å². The summed E-state index contributed by atoms with van der Waals surface area (Å²) in [7, 11) is 0. The molecule has 0 bridgehead atoms. The van der Waals surface area contributed by atoms with Gasteiger partial charge in [0.15, 0.2) is 6.61 Å². The van der Waals surface area contributed by atoms with Crippen LogP contribution in [0.15, 0.2) is 16.6 Å². The molecule has 0 aromatic heterocycles. The number of halogens is 4. The average molecular weight is 369 g/mol. The van der Waals surface area contributed by atoms with E-state index in [0.29, 0.717) is 15.7 Å². The zero-order chi connectivity index (χ0) is 16.2. The minimum atomic E-state index is -4.52. The Kier molecular flexibility index (Phi) is 5.59. The monoisotopic (exact) mass is 368 g/mol. The minimum Gasteiger partial charge on any atom is -0.452 e. The molecule has 1 aromatic carbocycles. The molecule has 0 atom stereocenters. The topological polar surface area (TPSA) is 81.4 Å². The fourth-order valence-electron chi connectivity index (χ4n) is 1.37. The van der Waals surface area contributed by atoms with Gasteiger partial charge in [0.05, 0.1) is 5.56 Å². The van der Waals surface area contributed by atoms with Crippen molar-refractivity contribution in [3.05, 3.63) is 27.7 Å². The summed E-state index contributed by atoms with van der Waals surface area (Å²) in [5.74, 6) is -1.89. The average Bonchev–Trinajstić information content (AvgIpc) is 2.36. The Bertz CT molecular complexity index is 561. The van der Waals surface area contributed by atoms with Crippen LogP contribution >= 0.6 is 15.9 Å². The fourth-order valence-corrected chi connectivity index (χ4v) is 1.85. The van der Waals surface area contributed by atoms with Crippen LogP contribution in [0.3, 0.4) is 0 Å². The standard InChI is InChI=1S/C12H12BrF3N2O3/c1-6-8(2-7(13)3-9(6)17)11(20)21-4-10(19)18-5-12(14,15)16/h2-3H,4-5,17H2,1H3,(H,18,19). The lowest BCUT2D eigenvalue weighted by atomic mass is 10.1. The van der Waals surface area contributed by atoms with Crippen LogP contribution in [0.2, 0.25) is 0 Å². The highest BCUT2D eigenvalue weighted by Crippen LogP contribution is 2.23. The van der Waals surface area contributed by atoms with Crippen molar-refractivity contribution in [3.8, 4) is 0 Å². The number of benzene rings is 1. The summed E-state index contributed by atoms with van der Waals surface area (Å²) in [6.07, 6.45) is -4.52. The van der Waals surface area contributed by atoms with E-state index >= 15 is 0 Å². The minimum absolute atomic E-state index is 0.130. The predicted octanol–water partition coefficient (Wildman–Crippen LogP) is 2.18. The molecule has 0 spiro atoms. The van der Waals surface area contributed by atoms with Gasteiger partial charge < -0.3 is 15.8 Å². The Balaban J connectivity index is 2.61. The predicted molar refractivity (Wildman–Crippen MR) is 72.6 cm³/mol. The van der Waals surface area contributed by atoms with E-state index in [-0.39, 0.29) is 5.56 Å². The fraction of sp³-hybridized carbons (Fsp3) is 0.333. The van der Waals surface area contributed by atoms with Gasteiger partial charge in [0.2, 0.25) is 0 Å². The molecular formula is C12H12BrF3N2O3. The number of carbonyl (C=O) groups excluding carboxylic acids is 2. The molecule has 0 radical (unpaired) electrons. The number of rotatable bonds is 4. The first-order valence-electron chi connectivity index (χ1n) is 5.66. The van der Waals surface area contributed by atoms with Crippen LogP contribution in [0.1, 0.15) is 15.9 Å². The highest BCUT2D eigenvalue weighted by atomic mass is 79.9. The van der Waals surface area contributed by atoms with Crippen LogP contribution in [0, 0.1) is 6.92 Å². The molecule has 0 saturated carbocycles. The molecule has 3 N–H and O–H groups in total. The molecular weight excluding hydrogens is 357 g/mol. The maximum atomic E-state index is 11.9. The molecule has 5 nitrogen and oxygen atoms in total. The molecule has 0 fully saturated rings. The van der Waals surface area contributed by atoms with Gasteiger partial charge in [-0.15, -0.1) is 0 Å². The molecule has 0 saturated heterocycles. The Labute approximate surface area is 126 Å². The van der Waals surface area contributed by atoms with Gasteiger partial charge in [0.25, 0.3) is 5.91 Å². The number of nitrogen functional groups attached to an aromatic ring is 1. The lowest BCUT2D eigenvalue weighted by molar-refractivity contribution is -0.140. The summed E-state index contributed by atoms with van der Waals surface area (Å²) in [5.41, 5.74) is 6.60. The van der Waals surface area contributed by atoms with Crippen LogP contribution in [0.5, 0.6) is 0 Å². The van der Waals surface area contributed by atoms with E-state index in [1.807, 2.05) is 0 Å². The third-order valence-corrected chi connectivity index (χ3v) is 2.91. The van der Waals surface area contributed by atoms with Gasteiger partial charge in [0, 0.05) is 10.2 Å². The number of nitrogens with two attached hydrogens (primary N) is 1. The largest absolute Gasteiger partial charge is 0.452 e. The molecule has 1 rings (SSSR count). The van der Waals surface area contributed by atoms with Crippen LogP contribution < -0.4 is 11.1 Å². The zero-order valence-electron chi connectivity index (χ0n) is 10.9. The van der Waals surface area contributed by atoms with Crippen molar-refractivity contribution in [1.82, 2.24) is 5.32 Å². The Hall–Kier alpha value is -1.77. The molecule has 0 aliphatic heterocycles. The number of esters is 1. The number of hydrogen-bond donors (Lipinski definition) is 2. The van der Waals surface area contributed by atoms with Gasteiger partial charge in [-0.25, -0.2) is 4.79 Å². The molecule has 0 aliphatic carbocycles. The number of nitrogens with one attached hydrogen (secondary N) is 1. The van der Waals surface area contributed by atoms with Crippen molar-refractivity contribution in [2.75, 3.05) is 18.9 Å². The third-order valence-electron chi connectivity index (χ3n) is 2.45. The number of alkyl halides is 3. The first-order chi connectivity index (χ1) is 9.60. The Morgan fingerprint density at radius 1 is 1.38 bits per heavy atom. The number of anilines is 1. The summed E-state index contributed by atoms with van der Waals surface area (Å²) in [5, 5.41) is 1.59. The molecule has 9 heteroatoms. The van der Waals surface area contributed by atoms with Gasteiger partial charge in [-0.1, -0.05) is 15.9 Å². The first-order valence-corrected chi connectivity index (χ1v) is 6.45. The second kappa shape index (κ2) is 6.79. The maximum Gasteiger partial charge on any atom is 0.405 e. The van der Waals surface area contributed by atoms with E-state index in [9.17, 15) is 22.8 Å². The Morgan fingerprint density at radius 2 is 2.00 bits per heavy atom. The van der Waals surface area contributed by atoms with Gasteiger partial charge in [-0.05, 0) is 24.6 Å². The van der Waals surface area contributed by atoms with Crippen LogP contribution in [-0.2, 0) is 9.53 Å². The quantitative estimate of drug-likeness (QED) is 0.630. The highest BCUT2D eigenvalue weighted by molar-refractivity contribution is 9.10. The van der Waals surface area contributed by atoms with Crippen molar-refractivity contribution in [1.29, 1.82) is 0 Å². The highest BCUT2D eigenvalue weighted by Gasteiger charge is 2.27. The van der Waals surface area contributed by atoms with Crippen LogP contribution in [-0.4, -0.2) is 31.2 Å². The van der Waals surface area contributed by atoms with Crippen molar-refractivity contribution in [2.24, 2.45) is 0 Å². The van der Waals surface area contributed by atoms with E-state index in [1.165, 1.54) is 6.07 Å². The zero-order valence-corrected chi connectivity index (χ0v) is 12.5. The summed E-state index contributed by atoms with van der Waals surface area (Å²) < 4.78 is 40.8. The third kappa shape index (κ3) is 5.62. The van der Waals surface area contributed by atoms with Crippen molar-refractivity contribution in [3.63, 3.8) is 0 Å². The summed E-state index contributed by atoms with van der Waals surface area (Å²) >= 11 is 3.15. The van der Waals surface area contributed by atoms with E-state index in [2.05, 4.69) is 20.7 Å². The summed E-state index contributed by atoms with van der Waals surface area (Å²) in [6.45, 7) is -0.699. The van der Waals surface area contributed by atoms with Crippen molar-refractivity contribution >= 4 is 33.5 Å². The lowest BCUT2D eigenvalue weighted by Gasteiger charge is -2.11.